The van der Waals surface area contributed by atoms with Gasteiger partial charge in [-0.1, -0.05) is 23.1 Å². The minimum Gasteiger partial charge on any atom is -0.332 e. The number of nitro groups is 1. The van der Waals surface area contributed by atoms with Crippen LogP contribution in [-0.4, -0.2) is 34.0 Å². The fraction of sp³-hybridized carbons (Fsp3) is 0.333. The molecule has 0 saturated carbocycles. The summed E-state index contributed by atoms with van der Waals surface area (Å²) in [6.45, 7) is 1.72. The van der Waals surface area contributed by atoms with Crippen LogP contribution >= 0.6 is 28.6 Å². The van der Waals surface area contributed by atoms with E-state index in [1.54, 1.807) is 17.2 Å². The summed E-state index contributed by atoms with van der Waals surface area (Å²) in [6, 6.07) is 3.52. The second kappa shape index (κ2) is 6.50. The lowest BCUT2D eigenvalue weighted by molar-refractivity contribution is -0.526. The van der Waals surface area contributed by atoms with E-state index >= 15 is 0 Å². The highest BCUT2D eigenvalue weighted by Crippen LogP contribution is 2.10. The van der Waals surface area contributed by atoms with Crippen LogP contribution < -0.4 is 5.43 Å². The number of nitrogens with zero attached hydrogens (tertiary/aromatic N) is 4. The SMILES string of the molecule is Br.O=[N+]([O-])NC1=NCCN1Cc1ccc(Cl)nc1. The van der Waals surface area contributed by atoms with Crippen molar-refractivity contribution in [3.63, 3.8) is 0 Å². The summed E-state index contributed by atoms with van der Waals surface area (Å²) in [5.74, 6) is 0.282. The van der Waals surface area contributed by atoms with E-state index in [4.69, 9.17) is 11.6 Å². The molecule has 9 heteroatoms. The molecule has 2 rings (SSSR count). The van der Waals surface area contributed by atoms with E-state index in [0.29, 0.717) is 24.8 Å². The number of halogens is 2. The highest BCUT2D eigenvalue weighted by atomic mass is 79.9. The molecule has 0 radical (unpaired) electrons. The Kier molecular flexibility index (Phi) is 5.29. The monoisotopic (exact) mass is 335 g/mol. The second-order valence-corrected chi connectivity index (χ2v) is 3.87. The predicted octanol–water partition coefficient (Wildman–Crippen LogP) is 1.27. The summed E-state index contributed by atoms with van der Waals surface area (Å²) in [6.07, 6.45) is 1.64. The number of aliphatic imine (C=N–C) groups is 1. The third-order valence-corrected chi connectivity index (χ3v) is 2.51. The van der Waals surface area contributed by atoms with Crippen LogP contribution in [0, 0.1) is 10.1 Å². The normalized spacial score (nSPS) is 13.8. The van der Waals surface area contributed by atoms with Gasteiger partial charge in [-0.25, -0.2) is 20.1 Å². The molecule has 0 spiro atoms. The smallest absolute Gasteiger partial charge is 0.257 e. The van der Waals surface area contributed by atoms with Gasteiger partial charge in [0, 0.05) is 19.3 Å². The van der Waals surface area contributed by atoms with Crippen LogP contribution in [-0.2, 0) is 6.54 Å². The van der Waals surface area contributed by atoms with Gasteiger partial charge in [-0.2, -0.15) is 0 Å². The molecule has 0 unspecified atom stereocenters. The molecule has 1 aliphatic heterocycles. The van der Waals surface area contributed by atoms with Gasteiger partial charge in [-0.15, -0.1) is 17.0 Å². The van der Waals surface area contributed by atoms with Crippen LogP contribution in [0.3, 0.4) is 0 Å². The molecule has 1 aromatic heterocycles. The van der Waals surface area contributed by atoms with E-state index in [9.17, 15) is 10.1 Å². The van der Waals surface area contributed by atoms with Crippen LogP contribution in [0.1, 0.15) is 5.56 Å². The van der Waals surface area contributed by atoms with E-state index in [2.05, 4.69) is 15.4 Å². The zero-order chi connectivity index (χ0) is 12.3. The Bertz CT molecular complexity index is 453. The number of rotatable bonds is 3. The van der Waals surface area contributed by atoms with Crippen molar-refractivity contribution in [3.05, 3.63) is 39.2 Å². The van der Waals surface area contributed by atoms with Gasteiger partial charge in [-0.05, 0) is 11.6 Å². The minimum absolute atomic E-state index is 0. The zero-order valence-corrected chi connectivity index (χ0v) is 11.7. The molecule has 0 fully saturated rings. The summed E-state index contributed by atoms with van der Waals surface area (Å²) in [5, 5.41) is 10.2. The topological polar surface area (TPSA) is 83.7 Å². The first-order chi connectivity index (χ1) is 8.15. The third kappa shape index (κ3) is 3.81. The fourth-order valence-corrected chi connectivity index (χ4v) is 1.66. The van der Waals surface area contributed by atoms with Crippen LogP contribution in [0.25, 0.3) is 0 Å². The maximum atomic E-state index is 10.4. The van der Waals surface area contributed by atoms with Crippen molar-refractivity contribution in [1.82, 2.24) is 15.3 Å². The lowest BCUT2D eigenvalue weighted by atomic mass is 10.3. The average Bonchev–Trinajstić information content (AvgIpc) is 2.68. The number of pyridine rings is 1. The minimum atomic E-state index is -0.614. The molecule has 0 aromatic carbocycles. The molecular formula is C9H11BrClN5O2. The molecule has 0 bridgehead atoms. The molecule has 2 heterocycles. The molecule has 1 aromatic rings. The van der Waals surface area contributed by atoms with Crippen LogP contribution in [0.4, 0.5) is 0 Å². The zero-order valence-electron chi connectivity index (χ0n) is 9.24. The van der Waals surface area contributed by atoms with E-state index < -0.39 is 5.03 Å². The molecule has 0 amide bonds. The molecule has 18 heavy (non-hydrogen) atoms. The second-order valence-electron chi connectivity index (χ2n) is 3.48. The van der Waals surface area contributed by atoms with E-state index in [1.807, 2.05) is 6.07 Å². The van der Waals surface area contributed by atoms with E-state index in [0.717, 1.165) is 5.56 Å². The Hall–Kier alpha value is -1.41. The maximum Gasteiger partial charge on any atom is 0.257 e. The van der Waals surface area contributed by atoms with Gasteiger partial charge in [0.15, 0.2) is 5.03 Å². The first kappa shape index (κ1) is 14.7. The number of hydrazine groups is 1. The van der Waals surface area contributed by atoms with Gasteiger partial charge in [-0.3, -0.25) is 0 Å². The highest BCUT2D eigenvalue weighted by molar-refractivity contribution is 8.93. The molecule has 0 saturated heterocycles. The Morgan fingerprint density at radius 2 is 2.33 bits per heavy atom. The number of nitrogens with one attached hydrogen (secondary N) is 1. The number of aromatic nitrogens is 1. The van der Waals surface area contributed by atoms with Gasteiger partial charge < -0.3 is 4.90 Å². The van der Waals surface area contributed by atoms with E-state index in [-0.39, 0.29) is 22.9 Å². The summed E-state index contributed by atoms with van der Waals surface area (Å²) >= 11 is 5.68. The fourth-order valence-electron chi connectivity index (χ4n) is 1.54. The lowest BCUT2D eigenvalue weighted by Gasteiger charge is -2.17. The average molecular weight is 337 g/mol. The van der Waals surface area contributed by atoms with Crippen molar-refractivity contribution >= 4 is 34.5 Å². The molecule has 7 nitrogen and oxygen atoms in total. The summed E-state index contributed by atoms with van der Waals surface area (Å²) in [7, 11) is 0. The Labute approximate surface area is 119 Å². The lowest BCUT2D eigenvalue weighted by Crippen LogP contribution is -2.40. The molecule has 0 aliphatic carbocycles. The van der Waals surface area contributed by atoms with Crippen molar-refractivity contribution in [2.24, 2.45) is 4.99 Å². The predicted molar refractivity (Wildman–Crippen MR) is 72.4 cm³/mol. The quantitative estimate of drug-likeness (QED) is 0.510. The summed E-state index contributed by atoms with van der Waals surface area (Å²) in [5.41, 5.74) is 3.00. The molecule has 1 N–H and O–H groups in total. The molecule has 1 aliphatic rings. The highest BCUT2D eigenvalue weighted by Gasteiger charge is 2.20. The molecule has 0 atom stereocenters. The molecular weight excluding hydrogens is 325 g/mol. The standard InChI is InChI=1S/C9H10ClN5O2.BrH/c10-8-2-1-7(5-12-8)6-14-4-3-11-9(14)13-15(16)17;/h1-2,5H,3-4,6H2,(H,11,13);1H. The van der Waals surface area contributed by atoms with Crippen molar-refractivity contribution in [2.45, 2.75) is 6.54 Å². The number of hydrogen-bond donors (Lipinski definition) is 1. The summed E-state index contributed by atoms with van der Waals surface area (Å²) < 4.78 is 0. The van der Waals surface area contributed by atoms with Gasteiger partial charge in [0.2, 0.25) is 0 Å². The first-order valence-corrected chi connectivity index (χ1v) is 5.34. The van der Waals surface area contributed by atoms with Crippen LogP contribution in [0.5, 0.6) is 0 Å². The Balaban J connectivity index is 0.00000162. The van der Waals surface area contributed by atoms with Crippen molar-refractivity contribution in [1.29, 1.82) is 0 Å². The largest absolute Gasteiger partial charge is 0.332 e. The third-order valence-electron chi connectivity index (χ3n) is 2.28. The van der Waals surface area contributed by atoms with Crippen molar-refractivity contribution in [3.8, 4) is 0 Å². The van der Waals surface area contributed by atoms with Gasteiger partial charge >= 0.3 is 0 Å². The van der Waals surface area contributed by atoms with Gasteiger partial charge in [0.05, 0.1) is 6.54 Å². The number of guanidine groups is 1. The van der Waals surface area contributed by atoms with Gasteiger partial charge in [0.1, 0.15) is 5.15 Å². The molecule has 98 valence electrons. The summed E-state index contributed by atoms with van der Waals surface area (Å²) in [4.78, 5) is 20.1. The van der Waals surface area contributed by atoms with Crippen molar-refractivity contribution < 1.29 is 5.03 Å². The van der Waals surface area contributed by atoms with Crippen LogP contribution in [0.2, 0.25) is 5.15 Å². The van der Waals surface area contributed by atoms with Crippen molar-refractivity contribution in [2.75, 3.05) is 13.1 Å². The first-order valence-electron chi connectivity index (χ1n) is 4.96. The van der Waals surface area contributed by atoms with E-state index in [1.165, 1.54) is 0 Å². The maximum absolute atomic E-state index is 10.4. The Morgan fingerprint density at radius 3 is 2.94 bits per heavy atom. The van der Waals surface area contributed by atoms with Crippen LogP contribution in [0.15, 0.2) is 23.3 Å². The van der Waals surface area contributed by atoms with Gasteiger partial charge in [0.25, 0.3) is 5.96 Å². The Morgan fingerprint density at radius 1 is 1.56 bits per heavy atom. The number of hydrogen-bond acceptors (Lipinski definition) is 5.